The van der Waals surface area contributed by atoms with Gasteiger partial charge in [0.05, 0.1) is 17.2 Å². The Morgan fingerprint density at radius 3 is 2.81 bits per heavy atom. The predicted molar refractivity (Wildman–Crippen MR) is 80.8 cm³/mol. The lowest BCUT2D eigenvalue weighted by molar-refractivity contribution is 1.10. The molecule has 0 aliphatic carbocycles. The summed E-state index contributed by atoms with van der Waals surface area (Å²) < 4.78 is 0. The lowest BCUT2D eigenvalue weighted by atomic mass is 10.2. The standard InChI is InChI=1S/C15H12N6/c1-2-4-10(5-3-1)7-16-13-11-6-12-15(20-8-17-12)21-14(11)19-9-18-13/h1-6,8-9H,7H2,(H2,16,17,18,19,20,21). The second-order valence-electron chi connectivity index (χ2n) is 4.69. The first-order chi connectivity index (χ1) is 10.4. The van der Waals surface area contributed by atoms with Gasteiger partial charge in [0, 0.05) is 6.54 Å². The fourth-order valence-corrected chi connectivity index (χ4v) is 2.27. The van der Waals surface area contributed by atoms with Crippen molar-refractivity contribution in [2.24, 2.45) is 0 Å². The first-order valence-corrected chi connectivity index (χ1v) is 6.63. The first kappa shape index (κ1) is 11.8. The van der Waals surface area contributed by atoms with Crippen molar-refractivity contribution in [2.45, 2.75) is 6.54 Å². The van der Waals surface area contributed by atoms with Crippen molar-refractivity contribution < 1.29 is 0 Å². The molecule has 3 heterocycles. The molecule has 0 aliphatic rings. The summed E-state index contributed by atoms with van der Waals surface area (Å²) in [6, 6.07) is 12.2. The molecule has 0 amide bonds. The number of hydrogen-bond donors (Lipinski definition) is 2. The van der Waals surface area contributed by atoms with Crippen LogP contribution in [0, 0.1) is 0 Å². The van der Waals surface area contributed by atoms with Crippen molar-refractivity contribution in [1.29, 1.82) is 0 Å². The fraction of sp³-hybridized carbons (Fsp3) is 0.0667. The summed E-state index contributed by atoms with van der Waals surface area (Å²) in [5, 5.41) is 4.22. The number of rotatable bonds is 3. The number of hydrogen-bond acceptors (Lipinski definition) is 5. The Hall–Kier alpha value is -3.02. The topological polar surface area (TPSA) is 79.4 Å². The van der Waals surface area contributed by atoms with Gasteiger partial charge in [0.2, 0.25) is 0 Å². The van der Waals surface area contributed by atoms with Crippen LogP contribution in [0.2, 0.25) is 0 Å². The number of aromatic amines is 1. The van der Waals surface area contributed by atoms with Crippen LogP contribution in [0.5, 0.6) is 0 Å². The fourth-order valence-electron chi connectivity index (χ4n) is 2.27. The van der Waals surface area contributed by atoms with Crippen molar-refractivity contribution in [3.8, 4) is 0 Å². The van der Waals surface area contributed by atoms with E-state index in [1.165, 1.54) is 11.9 Å². The van der Waals surface area contributed by atoms with Crippen molar-refractivity contribution in [3.63, 3.8) is 0 Å². The number of aromatic nitrogens is 5. The van der Waals surface area contributed by atoms with Gasteiger partial charge in [-0.3, -0.25) is 0 Å². The van der Waals surface area contributed by atoms with Gasteiger partial charge in [-0.1, -0.05) is 30.3 Å². The predicted octanol–water partition coefficient (Wildman–Crippen LogP) is 2.51. The molecular weight excluding hydrogens is 264 g/mol. The Morgan fingerprint density at radius 1 is 1.00 bits per heavy atom. The maximum Gasteiger partial charge on any atom is 0.179 e. The summed E-state index contributed by atoms with van der Waals surface area (Å²) >= 11 is 0. The van der Waals surface area contributed by atoms with Gasteiger partial charge in [-0.15, -0.1) is 0 Å². The second-order valence-corrected chi connectivity index (χ2v) is 4.69. The van der Waals surface area contributed by atoms with Crippen LogP contribution in [0.3, 0.4) is 0 Å². The third-order valence-electron chi connectivity index (χ3n) is 3.31. The van der Waals surface area contributed by atoms with Gasteiger partial charge in [-0.25, -0.2) is 19.9 Å². The van der Waals surface area contributed by atoms with Crippen LogP contribution in [0.25, 0.3) is 22.2 Å². The zero-order chi connectivity index (χ0) is 14.1. The molecule has 0 atom stereocenters. The zero-order valence-electron chi connectivity index (χ0n) is 11.1. The van der Waals surface area contributed by atoms with Crippen LogP contribution in [0.15, 0.2) is 49.1 Å². The van der Waals surface area contributed by atoms with Crippen molar-refractivity contribution >= 4 is 28.0 Å². The molecule has 4 aromatic rings. The summed E-state index contributed by atoms with van der Waals surface area (Å²) in [6.45, 7) is 0.702. The van der Waals surface area contributed by atoms with E-state index >= 15 is 0 Å². The maximum atomic E-state index is 4.42. The highest BCUT2D eigenvalue weighted by molar-refractivity contribution is 5.93. The number of fused-ring (bicyclic) bond motifs is 2. The Bertz CT molecular complexity index is 900. The molecule has 6 nitrogen and oxygen atoms in total. The average Bonchev–Trinajstić information content (AvgIpc) is 2.99. The smallest absolute Gasteiger partial charge is 0.179 e. The number of nitrogens with zero attached hydrogens (tertiary/aromatic N) is 4. The summed E-state index contributed by atoms with van der Waals surface area (Å²) in [5.41, 5.74) is 3.37. The molecule has 0 aliphatic heterocycles. The molecule has 0 saturated heterocycles. The lowest BCUT2D eigenvalue weighted by Crippen LogP contribution is -2.03. The molecule has 6 heteroatoms. The molecule has 1 aromatic carbocycles. The SMILES string of the molecule is c1ccc(CNc2ncnc3nc4nc[nH]c4cc23)cc1. The molecule has 3 aromatic heterocycles. The Kier molecular flexibility index (Phi) is 2.71. The van der Waals surface area contributed by atoms with E-state index in [0.29, 0.717) is 17.8 Å². The van der Waals surface area contributed by atoms with E-state index in [1.807, 2.05) is 24.3 Å². The van der Waals surface area contributed by atoms with Crippen molar-refractivity contribution in [1.82, 2.24) is 24.9 Å². The number of H-pyrrole nitrogens is 1. The highest BCUT2D eigenvalue weighted by Gasteiger charge is 2.08. The molecule has 0 saturated carbocycles. The number of anilines is 1. The first-order valence-electron chi connectivity index (χ1n) is 6.63. The summed E-state index contributed by atoms with van der Waals surface area (Å²) in [5.74, 6) is 0.771. The Labute approximate surface area is 120 Å². The number of imidazole rings is 1. The summed E-state index contributed by atoms with van der Waals surface area (Å²) in [7, 11) is 0. The van der Waals surface area contributed by atoms with E-state index in [-0.39, 0.29) is 0 Å². The van der Waals surface area contributed by atoms with Crippen molar-refractivity contribution in [2.75, 3.05) is 5.32 Å². The average molecular weight is 276 g/mol. The number of benzene rings is 1. The Balaban J connectivity index is 1.74. The van der Waals surface area contributed by atoms with Crippen molar-refractivity contribution in [3.05, 3.63) is 54.6 Å². The van der Waals surface area contributed by atoms with Crippen LogP contribution in [0.4, 0.5) is 5.82 Å². The molecular formula is C15H12N6. The maximum absolute atomic E-state index is 4.42. The van der Waals surface area contributed by atoms with E-state index in [4.69, 9.17) is 0 Å². The highest BCUT2D eigenvalue weighted by atomic mass is 15.0. The van der Waals surface area contributed by atoms with Crippen LogP contribution < -0.4 is 5.32 Å². The molecule has 102 valence electrons. The van der Waals surface area contributed by atoms with E-state index in [9.17, 15) is 0 Å². The highest BCUT2D eigenvalue weighted by Crippen LogP contribution is 2.21. The van der Waals surface area contributed by atoms with E-state index in [0.717, 1.165) is 16.7 Å². The number of nitrogens with one attached hydrogen (secondary N) is 2. The minimum absolute atomic E-state index is 0.639. The van der Waals surface area contributed by atoms with Gasteiger partial charge >= 0.3 is 0 Å². The zero-order valence-corrected chi connectivity index (χ0v) is 11.1. The van der Waals surface area contributed by atoms with E-state index < -0.39 is 0 Å². The van der Waals surface area contributed by atoms with Gasteiger partial charge in [0.1, 0.15) is 12.1 Å². The van der Waals surface area contributed by atoms with Crippen LogP contribution in [-0.2, 0) is 6.54 Å². The largest absolute Gasteiger partial charge is 0.365 e. The normalized spacial score (nSPS) is 11.0. The van der Waals surface area contributed by atoms with Gasteiger partial charge in [0.25, 0.3) is 0 Å². The summed E-state index contributed by atoms with van der Waals surface area (Å²) in [4.78, 5) is 20.1. The molecule has 0 fully saturated rings. The minimum Gasteiger partial charge on any atom is -0.365 e. The molecule has 4 rings (SSSR count). The van der Waals surface area contributed by atoms with Crippen LogP contribution in [0.1, 0.15) is 5.56 Å². The van der Waals surface area contributed by atoms with E-state index in [1.54, 1.807) is 6.33 Å². The van der Waals surface area contributed by atoms with Crippen LogP contribution >= 0.6 is 0 Å². The molecule has 0 bridgehead atoms. The Morgan fingerprint density at radius 2 is 1.90 bits per heavy atom. The van der Waals surface area contributed by atoms with Gasteiger partial charge in [-0.05, 0) is 11.6 Å². The van der Waals surface area contributed by atoms with Gasteiger partial charge in [-0.2, -0.15) is 0 Å². The number of pyridine rings is 1. The van der Waals surface area contributed by atoms with Gasteiger partial charge in [0.15, 0.2) is 11.3 Å². The minimum atomic E-state index is 0.639. The van der Waals surface area contributed by atoms with Gasteiger partial charge < -0.3 is 10.3 Å². The van der Waals surface area contributed by atoms with Crippen LogP contribution in [-0.4, -0.2) is 24.9 Å². The van der Waals surface area contributed by atoms with E-state index in [2.05, 4.69) is 42.4 Å². The third-order valence-corrected chi connectivity index (χ3v) is 3.31. The molecule has 0 spiro atoms. The lowest BCUT2D eigenvalue weighted by Gasteiger charge is -2.07. The molecule has 21 heavy (non-hydrogen) atoms. The second kappa shape index (κ2) is 4.82. The quantitative estimate of drug-likeness (QED) is 0.601. The molecule has 2 N–H and O–H groups in total. The monoisotopic (exact) mass is 276 g/mol. The summed E-state index contributed by atoms with van der Waals surface area (Å²) in [6.07, 6.45) is 3.14. The molecule has 0 radical (unpaired) electrons. The molecule has 0 unspecified atom stereocenters. The third kappa shape index (κ3) is 2.16.